The molecule has 0 saturated heterocycles. The normalized spacial score (nSPS) is 28.5. The molecule has 0 aliphatic rings. The standard InChI is InChI=1S/C8H10BrN/c1-2-4-7-5-3-6-8(9)10-7/h3,5-6H,2,4H2,1H3/i1D3,2D2,3D,4D2,5D,6D. The molecule has 0 atom stereocenters. The van der Waals surface area contributed by atoms with Crippen LogP contribution in [0.25, 0.3) is 0 Å². The predicted molar refractivity (Wildman–Crippen MR) is 45.9 cm³/mol. The lowest BCUT2D eigenvalue weighted by Gasteiger charge is -1.95. The topological polar surface area (TPSA) is 12.9 Å². The van der Waals surface area contributed by atoms with Crippen molar-refractivity contribution < 1.29 is 13.7 Å². The maximum Gasteiger partial charge on any atom is 0.106 e. The van der Waals surface area contributed by atoms with Crippen LogP contribution in [0.3, 0.4) is 0 Å². The first-order valence-electron chi connectivity index (χ1n) is 7.39. The van der Waals surface area contributed by atoms with Crippen LogP contribution in [0.2, 0.25) is 0 Å². The van der Waals surface area contributed by atoms with E-state index in [0.29, 0.717) is 0 Å². The Morgan fingerprint density at radius 1 is 1.90 bits per heavy atom. The molecule has 0 aromatic carbocycles. The Balaban J connectivity index is 3.60. The lowest BCUT2D eigenvalue weighted by molar-refractivity contribution is 0.878. The Hall–Kier alpha value is -0.370. The Bertz CT molecular complexity index is 537. The van der Waals surface area contributed by atoms with Crippen LogP contribution in [-0.4, -0.2) is 4.98 Å². The van der Waals surface area contributed by atoms with Crippen LogP contribution in [0.1, 0.15) is 32.6 Å². The van der Waals surface area contributed by atoms with Gasteiger partial charge in [0, 0.05) is 15.3 Å². The highest BCUT2D eigenvalue weighted by Crippen LogP contribution is 2.07. The van der Waals surface area contributed by atoms with Crippen LogP contribution in [0.4, 0.5) is 0 Å². The van der Waals surface area contributed by atoms with Crippen LogP contribution < -0.4 is 0 Å². The van der Waals surface area contributed by atoms with Crippen LogP contribution in [-0.2, 0) is 6.37 Å². The van der Waals surface area contributed by atoms with E-state index in [1.54, 1.807) is 0 Å². The van der Waals surface area contributed by atoms with Crippen LogP contribution in [0.15, 0.2) is 22.7 Å². The van der Waals surface area contributed by atoms with Crippen LogP contribution in [0.5, 0.6) is 0 Å². The van der Waals surface area contributed by atoms with E-state index in [1.807, 2.05) is 0 Å². The quantitative estimate of drug-likeness (QED) is 0.684. The molecule has 0 N–H and O–H groups in total. The molecule has 10 heavy (non-hydrogen) atoms. The van der Waals surface area contributed by atoms with E-state index in [9.17, 15) is 0 Å². The molecular weight excluding hydrogens is 190 g/mol. The fourth-order valence-electron chi connectivity index (χ4n) is 0.414. The van der Waals surface area contributed by atoms with Gasteiger partial charge >= 0.3 is 0 Å². The van der Waals surface area contributed by atoms with Gasteiger partial charge in [0.15, 0.2) is 0 Å². The molecule has 1 aromatic rings. The summed E-state index contributed by atoms with van der Waals surface area (Å²) in [6.45, 7) is -3.28. The van der Waals surface area contributed by atoms with E-state index in [2.05, 4.69) is 20.9 Å². The van der Waals surface area contributed by atoms with E-state index in [-0.39, 0.29) is 4.60 Å². The second kappa shape index (κ2) is 3.71. The lowest BCUT2D eigenvalue weighted by atomic mass is 10.2. The zero-order valence-electron chi connectivity index (χ0n) is 14.8. The van der Waals surface area contributed by atoms with Gasteiger partial charge in [0.1, 0.15) is 4.60 Å². The Labute approximate surface area is 83.7 Å². The minimum Gasteiger partial charge on any atom is -0.246 e. The molecule has 1 rings (SSSR count). The van der Waals surface area contributed by atoms with Crippen molar-refractivity contribution in [1.82, 2.24) is 4.98 Å². The summed E-state index contributed by atoms with van der Waals surface area (Å²) < 4.78 is 73.9. The largest absolute Gasteiger partial charge is 0.246 e. The number of nitrogens with zero attached hydrogens (tertiary/aromatic N) is 1. The monoisotopic (exact) mass is 209 g/mol. The molecule has 0 aliphatic carbocycles. The number of rotatable bonds is 2. The molecule has 1 aromatic heterocycles. The fraction of sp³-hybridized carbons (Fsp3) is 0.375. The highest BCUT2D eigenvalue weighted by Gasteiger charge is 1.91. The second-order valence-corrected chi connectivity index (χ2v) is 2.13. The minimum atomic E-state index is -3.31. The summed E-state index contributed by atoms with van der Waals surface area (Å²) >= 11 is 2.81. The molecule has 2 heteroatoms. The van der Waals surface area contributed by atoms with Gasteiger partial charge in [0.05, 0.1) is 4.11 Å². The minimum absolute atomic E-state index is 0.251. The summed E-state index contributed by atoms with van der Waals surface area (Å²) in [5, 5.41) is 0. The highest BCUT2D eigenvalue weighted by atomic mass is 79.9. The zero-order valence-corrected chi connectivity index (χ0v) is 6.41. The molecule has 0 bridgehead atoms. The number of hydrogen-bond donors (Lipinski definition) is 0. The Morgan fingerprint density at radius 3 is 3.60 bits per heavy atom. The summed E-state index contributed by atoms with van der Waals surface area (Å²) in [6.07, 6.45) is -6.43. The summed E-state index contributed by atoms with van der Waals surface area (Å²) in [6, 6.07) is -1.92. The third-order valence-corrected chi connectivity index (χ3v) is 1.11. The summed E-state index contributed by atoms with van der Waals surface area (Å²) in [4.78, 5) is 3.54. The zero-order chi connectivity index (χ0) is 16.1. The number of pyridine rings is 1. The van der Waals surface area contributed by atoms with Gasteiger partial charge < -0.3 is 0 Å². The molecule has 0 amide bonds. The number of aromatic nitrogens is 1. The molecular formula is C8H10BrN. The van der Waals surface area contributed by atoms with Gasteiger partial charge in [-0.2, -0.15) is 0 Å². The van der Waals surface area contributed by atoms with Gasteiger partial charge in [-0.15, -0.1) is 0 Å². The van der Waals surface area contributed by atoms with Crippen molar-refractivity contribution >= 4 is 15.9 Å². The van der Waals surface area contributed by atoms with E-state index in [4.69, 9.17) is 13.7 Å². The summed E-state index contributed by atoms with van der Waals surface area (Å²) in [5.41, 5.74) is -0.827. The van der Waals surface area contributed by atoms with Crippen molar-refractivity contribution in [2.75, 3.05) is 0 Å². The number of hydrogen-bond acceptors (Lipinski definition) is 1. The van der Waals surface area contributed by atoms with Gasteiger partial charge in [-0.25, -0.2) is 4.98 Å². The van der Waals surface area contributed by atoms with Crippen molar-refractivity contribution in [2.24, 2.45) is 0 Å². The Kier molecular flexibility index (Phi) is 0.691. The first-order chi connectivity index (χ1) is 8.75. The average molecular weight is 210 g/mol. The van der Waals surface area contributed by atoms with Gasteiger partial charge in [-0.3, -0.25) is 0 Å². The van der Waals surface area contributed by atoms with Crippen LogP contribution in [0, 0.1) is 0 Å². The van der Waals surface area contributed by atoms with E-state index >= 15 is 0 Å². The molecule has 0 fully saturated rings. The maximum absolute atomic E-state index is 7.71. The summed E-state index contributed by atoms with van der Waals surface area (Å²) in [5.74, 6) is 0. The van der Waals surface area contributed by atoms with Gasteiger partial charge in [-0.1, -0.05) is 19.3 Å². The van der Waals surface area contributed by atoms with Crippen molar-refractivity contribution in [2.45, 2.75) is 19.6 Å². The molecule has 0 radical (unpaired) electrons. The maximum atomic E-state index is 7.71. The van der Waals surface area contributed by atoms with Gasteiger partial charge in [-0.05, 0) is 34.4 Å². The molecule has 0 unspecified atom stereocenters. The molecule has 0 spiro atoms. The van der Waals surface area contributed by atoms with E-state index in [1.165, 1.54) is 0 Å². The lowest BCUT2D eigenvalue weighted by Crippen LogP contribution is -1.87. The number of aryl methyl sites for hydroxylation is 1. The number of halogens is 1. The fourth-order valence-corrected chi connectivity index (χ4v) is 0.691. The third-order valence-electron chi connectivity index (χ3n) is 0.737. The van der Waals surface area contributed by atoms with Crippen molar-refractivity contribution in [3.63, 3.8) is 0 Å². The molecule has 1 nitrogen and oxygen atoms in total. The SMILES string of the molecule is [2H]c1c(Br)nc(C([2H])([2H])C([2H])([2H])C([2H])([2H])[2H])c([2H])c1[2H]. The van der Waals surface area contributed by atoms with Gasteiger partial charge in [0.25, 0.3) is 0 Å². The molecule has 0 saturated carbocycles. The summed E-state index contributed by atoms with van der Waals surface area (Å²) in [7, 11) is 0. The Morgan fingerprint density at radius 2 is 2.80 bits per heavy atom. The van der Waals surface area contributed by atoms with Gasteiger partial charge in [0.2, 0.25) is 0 Å². The van der Waals surface area contributed by atoms with Crippen molar-refractivity contribution in [3.8, 4) is 0 Å². The molecule has 0 aliphatic heterocycles. The smallest absolute Gasteiger partial charge is 0.106 e. The van der Waals surface area contributed by atoms with Crippen LogP contribution >= 0.6 is 15.9 Å². The first kappa shape index (κ1) is 1.86. The van der Waals surface area contributed by atoms with Crippen molar-refractivity contribution in [3.05, 3.63) is 28.4 Å². The average Bonchev–Trinajstić information content (AvgIpc) is 2.29. The predicted octanol–water partition coefficient (Wildman–Crippen LogP) is 2.80. The van der Waals surface area contributed by atoms with E-state index in [0.717, 1.165) is 0 Å². The highest BCUT2D eigenvalue weighted by molar-refractivity contribution is 9.10. The second-order valence-electron chi connectivity index (χ2n) is 1.38. The molecule has 1 heterocycles. The van der Waals surface area contributed by atoms with Crippen molar-refractivity contribution in [1.29, 1.82) is 0 Å². The molecule has 54 valence electrons. The third kappa shape index (κ3) is 2.10. The van der Waals surface area contributed by atoms with E-state index < -0.39 is 43.4 Å². The first-order valence-corrected chi connectivity index (χ1v) is 3.18.